The summed E-state index contributed by atoms with van der Waals surface area (Å²) >= 11 is 0. The first-order chi connectivity index (χ1) is 17.0. The van der Waals surface area contributed by atoms with Crippen molar-refractivity contribution in [3.63, 3.8) is 0 Å². The Hall–Kier alpha value is -2.88. The van der Waals surface area contributed by atoms with Gasteiger partial charge in [0.25, 0.3) is 17.3 Å². The molecule has 5 unspecified atom stereocenters. The lowest BCUT2D eigenvalue weighted by Crippen LogP contribution is -2.54. The number of aliphatic hydroxyl groups is 1. The van der Waals surface area contributed by atoms with E-state index in [1.807, 2.05) is 0 Å². The van der Waals surface area contributed by atoms with Crippen molar-refractivity contribution in [2.45, 2.75) is 77.7 Å². The van der Waals surface area contributed by atoms with Gasteiger partial charge in [-0.1, -0.05) is 13.8 Å². The predicted octanol–water partition coefficient (Wildman–Crippen LogP) is 4.99. The van der Waals surface area contributed by atoms with Gasteiger partial charge in [0.1, 0.15) is 0 Å². The largest absolute Gasteiger partial charge is 0.393 e. The lowest BCUT2D eigenvalue weighted by atomic mass is 9.45. The van der Waals surface area contributed by atoms with Gasteiger partial charge in [0.15, 0.2) is 0 Å². The Morgan fingerprint density at radius 1 is 1.00 bits per heavy atom. The van der Waals surface area contributed by atoms with Crippen molar-refractivity contribution in [1.29, 1.82) is 0 Å². The van der Waals surface area contributed by atoms with E-state index in [2.05, 4.69) is 24.4 Å². The first-order valence-corrected chi connectivity index (χ1v) is 13.0. The minimum absolute atomic E-state index is 0.111. The quantitative estimate of drug-likeness (QED) is 0.441. The zero-order chi connectivity index (χ0) is 25.8. The molecular weight excluding hydrogens is 464 g/mol. The number of carbonyl (C=O) groups excluding carboxylic acids is 1. The highest BCUT2D eigenvalue weighted by Gasteiger charge is 2.59. The number of amides is 1. The van der Waals surface area contributed by atoms with E-state index in [-0.39, 0.29) is 22.5 Å². The molecule has 2 N–H and O–H groups in total. The molecule has 10 nitrogen and oxygen atoms in total. The van der Waals surface area contributed by atoms with Crippen molar-refractivity contribution in [3.05, 3.63) is 44.0 Å². The molecule has 7 atom stereocenters. The molecule has 4 fully saturated rings. The van der Waals surface area contributed by atoms with E-state index in [1.165, 1.54) is 6.42 Å². The van der Waals surface area contributed by atoms with Crippen LogP contribution in [0.1, 0.15) is 82.0 Å². The molecule has 1 amide bonds. The van der Waals surface area contributed by atoms with E-state index in [9.17, 15) is 30.1 Å². The van der Waals surface area contributed by atoms with Crippen LogP contribution in [0.4, 0.5) is 11.4 Å². The maximum Gasteiger partial charge on any atom is 0.277 e. The number of nitrogens with one attached hydrogen (secondary N) is 1. The smallest absolute Gasteiger partial charge is 0.277 e. The van der Waals surface area contributed by atoms with Gasteiger partial charge in [-0.25, -0.2) is 5.43 Å². The highest BCUT2D eigenvalue weighted by atomic mass is 16.6. The summed E-state index contributed by atoms with van der Waals surface area (Å²) in [6.45, 7) is 4.70. The Labute approximate surface area is 209 Å². The van der Waals surface area contributed by atoms with Gasteiger partial charge in [-0.05, 0) is 86.9 Å². The van der Waals surface area contributed by atoms with Crippen LogP contribution in [0.25, 0.3) is 0 Å². The lowest BCUT2D eigenvalue weighted by Gasteiger charge is -2.60. The van der Waals surface area contributed by atoms with Crippen molar-refractivity contribution >= 4 is 23.0 Å². The number of nitro benzene ring substituents is 2. The molecule has 0 saturated heterocycles. The zero-order valence-electron chi connectivity index (χ0n) is 20.8. The molecule has 1 aromatic carbocycles. The van der Waals surface area contributed by atoms with E-state index in [1.54, 1.807) is 0 Å². The lowest BCUT2D eigenvalue weighted by molar-refractivity contribution is -0.394. The minimum atomic E-state index is -0.751. The molecule has 36 heavy (non-hydrogen) atoms. The summed E-state index contributed by atoms with van der Waals surface area (Å²) in [7, 11) is 0. The zero-order valence-corrected chi connectivity index (χ0v) is 20.8. The number of aliphatic hydroxyl groups excluding tert-OH is 1. The number of hydrogen-bond acceptors (Lipinski definition) is 7. The summed E-state index contributed by atoms with van der Waals surface area (Å²) < 4.78 is 0. The number of nitrogens with zero attached hydrogens (tertiary/aromatic N) is 3. The van der Waals surface area contributed by atoms with Crippen LogP contribution in [-0.2, 0) is 0 Å². The molecule has 4 saturated carbocycles. The van der Waals surface area contributed by atoms with Gasteiger partial charge in [-0.15, -0.1) is 0 Å². The van der Waals surface area contributed by atoms with Gasteiger partial charge < -0.3 is 5.11 Å². The third kappa shape index (κ3) is 3.99. The van der Waals surface area contributed by atoms with Crippen molar-refractivity contribution in [1.82, 2.24) is 5.43 Å². The van der Waals surface area contributed by atoms with Crippen LogP contribution in [0, 0.1) is 54.7 Å². The predicted molar refractivity (Wildman–Crippen MR) is 132 cm³/mol. The summed E-state index contributed by atoms with van der Waals surface area (Å²) in [5.41, 5.74) is 2.49. The number of non-ortho nitro benzene ring substituents is 2. The second-order valence-electron chi connectivity index (χ2n) is 11.8. The second-order valence-corrected chi connectivity index (χ2v) is 11.8. The molecule has 0 spiro atoms. The number of nitro groups is 2. The molecule has 0 aliphatic heterocycles. The standard InChI is InChI=1S/C26H34N4O6/c1-25-9-7-19(31)13-16(25)3-4-20-21-5-6-23(26(21,2)10-8-22(20)25)27-28-24(32)15-11-17(29(33)34)14-18(12-15)30(35)36/h11-12,14,16,19-22,31H,3-10,13H2,1-2H3,(H,28,32)/b27-23+/t16-,19+,20?,21?,22?,25?,26?/m0/s1. The van der Waals surface area contributed by atoms with Crippen LogP contribution < -0.4 is 5.43 Å². The molecular formula is C26H34N4O6. The molecule has 194 valence electrons. The van der Waals surface area contributed by atoms with Gasteiger partial charge in [-0.2, -0.15) is 5.10 Å². The minimum Gasteiger partial charge on any atom is -0.393 e. The number of hydrazone groups is 1. The molecule has 0 radical (unpaired) electrons. The average molecular weight is 499 g/mol. The van der Waals surface area contributed by atoms with Gasteiger partial charge in [0, 0.05) is 23.3 Å². The van der Waals surface area contributed by atoms with Crippen molar-refractivity contribution in [2.24, 2.45) is 39.6 Å². The average Bonchev–Trinajstić information content (AvgIpc) is 3.18. The topological polar surface area (TPSA) is 148 Å². The fourth-order valence-corrected chi connectivity index (χ4v) is 8.33. The summed E-state index contributed by atoms with van der Waals surface area (Å²) in [5, 5.41) is 37.1. The van der Waals surface area contributed by atoms with E-state index >= 15 is 0 Å². The van der Waals surface area contributed by atoms with Crippen molar-refractivity contribution < 1.29 is 19.7 Å². The van der Waals surface area contributed by atoms with Gasteiger partial charge in [0.05, 0.1) is 27.6 Å². The third-order valence-electron chi connectivity index (χ3n) is 10.3. The normalized spacial score (nSPS) is 38.5. The van der Waals surface area contributed by atoms with Crippen LogP contribution in [0.3, 0.4) is 0 Å². The Bertz CT molecular complexity index is 1110. The molecule has 0 bridgehead atoms. The van der Waals surface area contributed by atoms with Crippen LogP contribution in [0.2, 0.25) is 0 Å². The molecule has 0 heterocycles. The molecule has 10 heteroatoms. The van der Waals surface area contributed by atoms with E-state index < -0.39 is 27.1 Å². The van der Waals surface area contributed by atoms with Gasteiger partial charge >= 0.3 is 0 Å². The first-order valence-electron chi connectivity index (χ1n) is 13.0. The van der Waals surface area contributed by atoms with Gasteiger partial charge in [0.2, 0.25) is 0 Å². The Balaban J connectivity index is 1.34. The summed E-state index contributed by atoms with van der Waals surface area (Å²) in [6, 6.07) is 2.91. The number of hydrogen-bond donors (Lipinski definition) is 2. The highest BCUT2D eigenvalue weighted by Crippen LogP contribution is 2.65. The molecule has 0 aromatic heterocycles. The van der Waals surface area contributed by atoms with E-state index in [0.717, 1.165) is 75.3 Å². The maximum absolute atomic E-state index is 12.8. The molecule has 4 aliphatic carbocycles. The molecule has 5 rings (SSSR count). The van der Waals surface area contributed by atoms with Crippen LogP contribution in [-0.4, -0.2) is 32.7 Å². The Morgan fingerprint density at radius 2 is 1.69 bits per heavy atom. The molecule has 1 aromatic rings. The Kier molecular flexibility index (Phi) is 6.13. The number of carbonyl (C=O) groups is 1. The Morgan fingerprint density at radius 3 is 2.36 bits per heavy atom. The summed E-state index contributed by atoms with van der Waals surface area (Å²) in [6.07, 6.45) is 9.03. The summed E-state index contributed by atoms with van der Waals surface area (Å²) in [4.78, 5) is 33.6. The van der Waals surface area contributed by atoms with Crippen molar-refractivity contribution in [2.75, 3.05) is 0 Å². The van der Waals surface area contributed by atoms with Crippen molar-refractivity contribution in [3.8, 4) is 0 Å². The fourth-order valence-electron chi connectivity index (χ4n) is 8.33. The SMILES string of the molecule is CC12CCC3C(CC[C@H]4C[C@H](O)CCC34C)C1CC/C2=N\NC(=O)c1cc([N+](=O)[O-])cc([N+](=O)[O-])c1. The number of fused-ring (bicyclic) bond motifs is 5. The summed E-state index contributed by atoms with van der Waals surface area (Å²) in [5.74, 6) is 1.67. The van der Waals surface area contributed by atoms with E-state index in [4.69, 9.17) is 0 Å². The van der Waals surface area contributed by atoms with Crippen LogP contribution in [0.15, 0.2) is 23.3 Å². The van der Waals surface area contributed by atoms with Crippen LogP contribution >= 0.6 is 0 Å². The van der Waals surface area contributed by atoms with Gasteiger partial charge in [-0.3, -0.25) is 25.0 Å². The van der Waals surface area contributed by atoms with E-state index in [0.29, 0.717) is 23.7 Å². The first kappa shape index (κ1) is 24.8. The third-order valence-corrected chi connectivity index (χ3v) is 10.3. The monoisotopic (exact) mass is 498 g/mol. The van der Waals surface area contributed by atoms with Crippen LogP contribution in [0.5, 0.6) is 0 Å². The fraction of sp³-hybridized carbons (Fsp3) is 0.692. The second kappa shape index (κ2) is 8.90. The number of benzene rings is 1. The highest BCUT2D eigenvalue weighted by molar-refractivity contribution is 5.98. The maximum atomic E-state index is 12.8. The number of rotatable bonds is 4. The molecule has 4 aliphatic rings.